The number of hydrogen-bond donors (Lipinski definition) is 1. The van der Waals surface area contributed by atoms with Crippen LogP contribution in [0.15, 0.2) is 24.4 Å². The van der Waals surface area contributed by atoms with Gasteiger partial charge < -0.3 is 10.1 Å². The minimum atomic E-state index is -0.375. The second kappa shape index (κ2) is 7.92. The van der Waals surface area contributed by atoms with E-state index < -0.39 is 0 Å². The lowest BCUT2D eigenvalue weighted by Crippen LogP contribution is -2.38. The van der Waals surface area contributed by atoms with Gasteiger partial charge in [-0.3, -0.25) is 14.5 Å². The number of rotatable bonds is 5. The first-order valence-corrected chi connectivity index (χ1v) is 9.17. The van der Waals surface area contributed by atoms with E-state index in [1.807, 2.05) is 0 Å². The van der Waals surface area contributed by atoms with Gasteiger partial charge in [0, 0.05) is 19.1 Å². The van der Waals surface area contributed by atoms with Crippen LogP contribution in [0, 0.1) is 13.8 Å². The lowest BCUT2D eigenvalue weighted by atomic mass is 10.1. The normalized spacial score (nSPS) is 20.1. The number of benzene rings is 1. The average Bonchev–Trinajstić information content (AvgIpc) is 3.27. The topological polar surface area (TPSA) is 84.4 Å². The SMILES string of the molecule is COC(=O)[C@@H]1C[C@@H](NC(=O)c2cnsn2)CN1Cc1ccc(C)cc1C. The maximum absolute atomic E-state index is 12.2. The Morgan fingerprint density at radius 2 is 2.19 bits per heavy atom. The maximum Gasteiger partial charge on any atom is 0.323 e. The van der Waals surface area contributed by atoms with E-state index in [4.69, 9.17) is 4.74 Å². The summed E-state index contributed by atoms with van der Waals surface area (Å²) < 4.78 is 12.8. The van der Waals surface area contributed by atoms with Gasteiger partial charge in [-0.1, -0.05) is 23.8 Å². The largest absolute Gasteiger partial charge is 0.468 e. The predicted molar refractivity (Wildman–Crippen MR) is 97.9 cm³/mol. The number of hydrogen-bond acceptors (Lipinski definition) is 7. The van der Waals surface area contributed by atoms with Crippen LogP contribution >= 0.6 is 11.7 Å². The molecular weight excluding hydrogens is 352 g/mol. The van der Waals surface area contributed by atoms with Crippen molar-refractivity contribution in [3.8, 4) is 0 Å². The van der Waals surface area contributed by atoms with Gasteiger partial charge in [0.05, 0.1) is 25.0 Å². The van der Waals surface area contributed by atoms with Crippen molar-refractivity contribution in [1.82, 2.24) is 19.0 Å². The summed E-state index contributed by atoms with van der Waals surface area (Å²) in [4.78, 5) is 26.5. The van der Waals surface area contributed by atoms with Gasteiger partial charge in [-0.25, -0.2) is 0 Å². The highest BCUT2D eigenvalue weighted by molar-refractivity contribution is 6.99. The highest BCUT2D eigenvalue weighted by Gasteiger charge is 2.38. The lowest BCUT2D eigenvalue weighted by molar-refractivity contribution is -0.146. The molecule has 1 aromatic carbocycles. The van der Waals surface area contributed by atoms with E-state index in [1.54, 1.807) is 0 Å². The monoisotopic (exact) mass is 374 g/mol. The standard InChI is InChI=1S/C18H22N4O3S/c1-11-4-5-13(12(2)6-11)9-22-10-14(7-16(22)18(24)25-3)20-17(23)15-8-19-26-21-15/h4-6,8,14,16H,7,9-10H2,1-3H3,(H,20,23)/t14-,16+/m1/s1. The van der Waals surface area contributed by atoms with Gasteiger partial charge in [-0.2, -0.15) is 8.75 Å². The fourth-order valence-corrected chi connectivity index (χ4v) is 3.74. The van der Waals surface area contributed by atoms with Crippen LogP contribution in [0.4, 0.5) is 0 Å². The minimum absolute atomic E-state index is 0.140. The van der Waals surface area contributed by atoms with Crippen LogP contribution in [-0.4, -0.2) is 51.3 Å². The molecular formula is C18H22N4O3S. The molecule has 1 saturated heterocycles. The number of amides is 1. The van der Waals surface area contributed by atoms with Crippen molar-refractivity contribution in [2.24, 2.45) is 0 Å². The van der Waals surface area contributed by atoms with E-state index in [9.17, 15) is 9.59 Å². The van der Waals surface area contributed by atoms with Gasteiger partial charge >= 0.3 is 5.97 Å². The Labute approximate surface area is 156 Å². The van der Waals surface area contributed by atoms with Crippen LogP contribution in [0.1, 0.15) is 33.6 Å². The second-order valence-electron chi connectivity index (χ2n) is 6.60. The number of nitrogens with zero attached hydrogens (tertiary/aromatic N) is 3. The van der Waals surface area contributed by atoms with E-state index in [0.717, 1.165) is 11.7 Å². The summed E-state index contributed by atoms with van der Waals surface area (Å²) in [6.07, 6.45) is 1.96. The molecule has 1 aromatic heterocycles. The molecule has 0 unspecified atom stereocenters. The molecule has 1 aliphatic heterocycles. The Bertz CT molecular complexity index is 794. The van der Waals surface area contributed by atoms with Crippen molar-refractivity contribution in [2.45, 2.75) is 38.9 Å². The van der Waals surface area contributed by atoms with Crippen molar-refractivity contribution in [1.29, 1.82) is 0 Å². The molecule has 3 rings (SSSR count). The van der Waals surface area contributed by atoms with Gasteiger partial charge in [-0.05, 0) is 31.4 Å². The number of esters is 1. The molecule has 2 heterocycles. The second-order valence-corrected chi connectivity index (χ2v) is 7.15. The molecule has 1 fully saturated rings. The van der Waals surface area contributed by atoms with E-state index in [2.05, 4.69) is 51.0 Å². The van der Waals surface area contributed by atoms with Crippen molar-refractivity contribution in [3.05, 3.63) is 46.8 Å². The van der Waals surface area contributed by atoms with Crippen molar-refractivity contribution >= 4 is 23.6 Å². The van der Waals surface area contributed by atoms with Gasteiger partial charge in [0.1, 0.15) is 6.04 Å². The molecule has 0 radical (unpaired) electrons. The fraction of sp³-hybridized carbons (Fsp3) is 0.444. The molecule has 0 spiro atoms. The Morgan fingerprint density at radius 1 is 1.38 bits per heavy atom. The van der Waals surface area contributed by atoms with Crippen molar-refractivity contribution in [3.63, 3.8) is 0 Å². The summed E-state index contributed by atoms with van der Waals surface area (Å²) in [6, 6.07) is 5.78. The Balaban J connectivity index is 1.72. The smallest absolute Gasteiger partial charge is 0.323 e. The van der Waals surface area contributed by atoms with Gasteiger partial charge in [-0.15, -0.1) is 0 Å². The first-order chi connectivity index (χ1) is 12.5. The van der Waals surface area contributed by atoms with Gasteiger partial charge in [0.2, 0.25) is 0 Å². The molecule has 1 N–H and O–H groups in total. The molecule has 1 aliphatic rings. The zero-order valence-corrected chi connectivity index (χ0v) is 15.9. The zero-order chi connectivity index (χ0) is 18.7. The molecule has 2 atom stereocenters. The molecule has 0 bridgehead atoms. The van der Waals surface area contributed by atoms with Gasteiger partial charge in [0.25, 0.3) is 5.91 Å². The van der Waals surface area contributed by atoms with Gasteiger partial charge in [0.15, 0.2) is 5.69 Å². The Kier molecular flexibility index (Phi) is 5.63. The summed E-state index contributed by atoms with van der Waals surface area (Å²) in [5.41, 5.74) is 3.87. The summed E-state index contributed by atoms with van der Waals surface area (Å²) in [5.74, 6) is -0.539. The third-order valence-electron chi connectivity index (χ3n) is 4.68. The van der Waals surface area contributed by atoms with Crippen LogP contribution in [-0.2, 0) is 16.1 Å². The Morgan fingerprint density at radius 3 is 2.85 bits per heavy atom. The van der Waals surface area contributed by atoms with Crippen molar-refractivity contribution in [2.75, 3.05) is 13.7 Å². The summed E-state index contributed by atoms with van der Waals surface area (Å²) in [6.45, 7) is 5.34. The molecule has 2 aromatic rings. The number of methoxy groups -OCH3 is 1. The third-order valence-corrected chi connectivity index (χ3v) is 5.16. The van der Waals surface area contributed by atoms with Crippen molar-refractivity contribution < 1.29 is 14.3 Å². The molecule has 8 heteroatoms. The highest BCUT2D eigenvalue weighted by atomic mass is 32.1. The summed E-state index contributed by atoms with van der Waals surface area (Å²) in [7, 11) is 1.39. The first-order valence-electron chi connectivity index (χ1n) is 8.44. The maximum atomic E-state index is 12.2. The van der Waals surface area contributed by atoms with Crippen LogP contribution in [0.5, 0.6) is 0 Å². The van der Waals surface area contributed by atoms with E-state index >= 15 is 0 Å². The average molecular weight is 374 g/mol. The molecule has 7 nitrogen and oxygen atoms in total. The van der Waals surface area contributed by atoms with Crippen LogP contribution in [0.25, 0.3) is 0 Å². The van der Waals surface area contributed by atoms with Crippen LogP contribution in [0.2, 0.25) is 0 Å². The highest BCUT2D eigenvalue weighted by Crippen LogP contribution is 2.23. The molecule has 1 amide bonds. The number of likely N-dealkylation sites (tertiary alicyclic amines) is 1. The van der Waals surface area contributed by atoms with Crippen LogP contribution < -0.4 is 5.32 Å². The number of ether oxygens (including phenoxy) is 1. The van der Waals surface area contributed by atoms with E-state index in [0.29, 0.717) is 25.2 Å². The molecule has 0 aliphatic carbocycles. The molecule has 26 heavy (non-hydrogen) atoms. The number of carbonyl (C=O) groups excluding carboxylic acids is 2. The lowest BCUT2D eigenvalue weighted by Gasteiger charge is -2.23. The first kappa shape index (κ1) is 18.5. The van der Waals surface area contributed by atoms with Crippen LogP contribution in [0.3, 0.4) is 0 Å². The summed E-state index contributed by atoms with van der Waals surface area (Å²) in [5, 5.41) is 2.95. The van der Waals surface area contributed by atoms with E-state index in [1.165, 1.54) is 30.0 Å². The quantitative estimate of drug-likeness (QED) is 0.802. The number of carbonyl (C=O) groups is 2. The number of aryl methyl sites for hydroxylation is 2. The predicted octanol–water partition coefficient (Wildman–Crippen LogP) is 1.70. The summed E-state index contributed by atoms with van der Waals surface area (Å²) >= 11 is 0.995. The fourth-order valence-electron chi connectivity index (χ4n) is 3.33. The zero-order valence-electron chi connectivity index (χ0n) is 15.1. The number of nitrogens with one attached hydrogen (secondary N) is 1. The third kappa shape index (κ3) is 4.08. The number of aromatic nitrogens is 2. The van der Waals surface area contributed by atoms with E-state index in [-0.39, 0.29) is 24.0 Å². The Hall–Kier alpha value is -2.32. The molecule has 138 valence electrons. The minimum Gasteiger partial charge on any atom is -0.468 e. The molecule has 0 saturated carbocycles.